The quantitative estimate of drug-likeness (QED) is 0.502. The van der Waals surface area contributed by atoms with Crippen molar-refractivity contribution in [3.05, 3.63) is 68.9 Å². The highest BCUT2D eigenvalue weighted by Crippen LogP contribution is 2.37. The number of hydrogen-bond donors (Lipinski definition) is 1. The number of nitrogens with zero attached hydrogens (tertiary/aromatic N) is 2. The molecule has 36 heavy (non-hydrogen) atoms. The molecule has 0 spiro atoms. The Balaban J connectivity index is 1.34. The molecule has 2 aromatic rings. The lowest BCUT2D eigenvalue weighted by Crippen LogP contribution is -2.36. The van der Waals surface area contributed by atoms with Gasteiger partial charge in [0, 0.05) is 58.5 Å². The van der Waals surface area contributed by atoms with Crippen molar-refractivity contribution >= 4 is 28.6 Å². The number of rotatable bonds is 6. The monoisotopic (exact) mass is 517 g/mol. The largest absolute Gasteiger partial charge is 0.416 e. The zero-order valence-corrected chi connectivity index (χ0v) is 21.3. The van der Waals surface area contributed by atoms with Gasteiger partial charge in [-0.2, -0.15) is 13.2 Å². The van der Waals surface area contributed by atoms with Crippen LogP contribution in [-0.4, -0.2) is 47.5 Å². The van der Waals surface area contributed by atoms with E-state index in [-0.39, 0.29) is 18.1 Å². The van der Waals surface area contributed by atoms with Gasteiger partial charge in [-0.15, -0.1) is 11.3 Å². The first-order valence-electron chi connectivity index (χ1n) is 12.2. The molecule has 3 aliphatic rings. The number of benzene rings is 1. The van der Waals surface area contributed by atoms with Crippen LogP contribution in [0.4, 0.5) is 18.9 Å². The summed E-state index contributed by atoms with van der Waals surface area (Å²) in [5.74, 6) is 0.0318. The minimum Gasteiger partial charge on any atom is -0.375 e. The Morgan fingerprint density at radius 1 is 1.33 bits per heavy atom. The summed E-state index contributed by atoms with van der Waals surface area (Å²) in [6.45, 7) is 10.8. The molecule has 2 saturated heterocycles. The molecule has 0 radical (unpaired) electrons. The third-order valence-electron chi connectivity index (χ3n) is 7.34. The molecule has 2 atom stereocenters. The van der Waals surface area contributed by atoms with Crippen LogP contribution in [0.3, 0.4) is 0 Å². The molecule has 5 nitrogen and oxygen atoms in total. The molecule has 1 amide bonds. The van der Waals surface area contributed by atoms with Crippen LogP contribution in [0, 0.1) is 0 Å². The van der Waals surface area contributed by atoms with Gasteiger partial charge < -0.3 is 15.0 Å². The van der Waals surface area contributed by atoms with E-state index in [1.807, 2.05) is 30.2 Å². The summed E-state index contributed by atoms with van der Waals surface area (Å²) < 4.78 is 46.8. The number of fused-ring (bicyclic) bond motifs is 3. The summed E-state index contributed by atoms with van der Waals surface area (Å²) in [7, 11) is 0. The number of anilines is 1. The van der Waals surface area contributed by atoms with Crippen LogP contribution in [0.25, 0.3) is 5.70 Å². The third kappa shape index (κ3) is 4.96. The number of allylic oxidation sites excluding steroid dienone is 1. The van der Waals surface area contributed by atoms with Crippen molar-refractivity contribution in [1.82, 2.24) is 9.80 Å². The number of hydrogen-bond acceptors (Lipinski definition) is 5. The standard InChI is InChI=1S/C27H30F3N3O2S/c1-4-16(2)26(34)32-6-5-23-24(15-36-25(23)13-32)17(3)31-20-8-18(7-19(9-20)27(28,29)30)11-33-12-22-10-21(33)14-35-22/h4,7-9,15,21-22,31H,3,5-6,10-14H2,1-2H3/b16-4+. The molecular formula is C27H30F3N3O2S. The second kappa shape index (κ2) is 9.68. The molecule has 2 bridgehead atoms. The number of alkyl halides is 3. The average Bonchev–Trinajstić information content (AvgIpc) is 3.57. The average molecular weight is 518 g/mol. The van der Waals surface area contributed by atoms with Crippen LogP contribution < -0.4 is 5.32 Å². The highest BCUT2D eigenvalue weighted by atomic mass is 32.1. The van der Waals surface area contributed by atoms with Gasteiger partial charge in [0.2, 0.25) is 5.91 Å². The molecule has 0 aliphatic carbocycles. The molecular weight excluding hydrogens is 487 g/mol. The summed E-state index contributed by atoms with van der Waals surface area (Å²) in [6.07, 6.45) is -0.804. The van der Waals surface area contributed by atoms with Gasteiger partial charge in [-0.25, -0.2) is 0 Å². The molecule has 1 N–H and O–H groups in total. The topological polar surface area (TPSA) is 44.8 Å². The lowest BCUT2D eigenvalue weighted by atomic mass is 10.0. The predicted molar refractivity (Wildman–Crippen MR) is 136 cm³/mol. The van der Waals surface area contributed by atoms with Crippen molar-refractivity contribution in [2.75, 3.05) is 25.0 Å². The molecule has 4 heterocycles. The fourth-order valence-electron chi connectivity index (χ4n) is 5.30. The lowest BCUT2D eigenvalue weighted by Gasteiger charge is -2.28. The number of carbonyl (C=O) groups is 1. The van der Waals surface area contributed by atoms with E-state index in [1.165, 1.54) is 6.07 Å². The minimum atomic E-state index is -4.44. The second-order valence-electron chi connectivity index (χ2n) is 9.79. The molecule has 0 saturated carbocycles. The molecule has 5 rings (SSSR count). The number of amides is 1. The summed E-state index contributed by atoms with van der Waals surface area (Å²) in [5, 5.41) is 5.13. The Morgan fingerprint density at radius 3 is 2.81 bits per heavy atom. The van der Waals surface area contributed by atoms with Gasteiger partial charge in [-0.1, -0.05) is 12.7 Å². The highest BCUT2D eigenvalue weighted by Gasteiger charge is 2.39. The minimum absolute atomic E-state index is 0.0318. The van der Waals surface area contributed by atoms with E-state index >= 15 is 0 Å². The van der Waals surface area contributed by atoms with Crippen molar-refractivity contribution in [2.45, 2.75) is 58.1 Å². The Hall–Kier alpha value is -2.62. The summed E-state index contributed by atoms with van der Waals surface area (Å²) in [5.41, 5.74) is 3.62. The fourth-order valence-corrected chi connectivity index (χ4v) is 6.43. The van der Waals surface area contributed by atoms with Crippen LogP contribution in [-0.2, 0) is 35.2 Å². The zero-order valence-electron chi connectivity index (χ0n) is 20.5. The van der Waals surface area contributed by atoms with E-state index in [1.54, 1.807) is 17.4 Å². The fraction of sp³-hybridized carbons (Fsp3) is 0.444. The highest BCUT2D eigenvalue weighted by molar-refractivity contribution is 7.10. The zero-order chi connectivity index (χ0) is 25.6. The number of morpholine rings is 1. The van der Waals surface area contributed by atoms with E-state index in [0.717, 1.165) is 40.6 Å². The molecule has 3 aliphatic heterocycles. The van der Waals surface area contributed by atoms with Crippen LogP contribution >= 0.6 is 11.3 Å². The number of carbonyl (C=O) groups excluding carboxylic acids is 1. The normalized spacial score (nSPS) is 22.1. The molecule has 192 valence electrons. The van der Waals surface area contributed by atoms with Gasteiger partial charge in [0.15, 0.2) is 0 Å². The van der Waals surface area contributed by atoms with Crippen LogP contribution in [0.5, 0.6) is 0 Å². The maximum absolute atomic E-state index is 13.7. The number of thiophene rings is 1. The Bertz CT molecular complexity index is 1220. The van der Waals surface area contributed by atoms with E-state index in [4.69, 9.17) is 4.74 Å². The molecule has 2 fully saturated rings. The Morgan fingerprint density at radius 2 is 2.14 bits per heavy atom. The predicted octanol–water partition coefficient (Wildman–Crippen LogP) is 5.67. The van der Waals surface area contributed by atoms with Crippen LogP contribution in [0.2, 0.25) is 0 Å². The molecule has 1 aromatic carbocycles. The summed E-state index contributed by atoms with van der Waals surface area (Å²) in [6, 6.07) is 4.45. The van der Waals surface area contributed by atoms with Crippen LogP contribution in [0.15, 0.2) is 41.8 Å². The SMILES string of the molecule is C=C(Nc1cc(CN2CC3CC2CO3)cc(C(F)(F)F)c1)c1csc2c1CCN(C(=O)/C(C)=C/C)C2. The van der Waals surface area contributed by atoms with Crippen molar-refractivity contribution in [1.29, 1.82) is 0 Å². The first-order valence-corrected chi connectivity index (χ1v) is 13.0. The number of ether oxygens (including phenoxy) is 1. The first kappa shape index (κ1) is 25.0. The van der Waals surface area contributed by atoms with Gasteiger partial charge in [0.1, 0.15) is 0 Å². The van der Waals surface area contributed by atoms with Gasteiger partial charge >= 0.3 is 6.18 Å². The van der Waals surface area contributed by atoms with Crippen LogP contribution in [0.1, 0.15) is 47.4 Å². The second-order valence-corrected chi connectivity index (χ2v) is 10.8. The third-order valence-corrected chi connectivity index (χ3v) is 8.36. The van der Waals surface area contributed by atoms with Gasteiger partial charge in [-0.05, 0) is 56.0 Å². The van der Waals surface area contributed by atoms with Crippen molar-refractivity contribution in [3.63, 3.8) is 0 Å². The van der Waals surface area contributed by atoms with Crippen molar-refractivity contribution in [3.8, 4) is 0 Å². The van der Waals surface area contributed by atoms with E-state index in [2.05, 4.69) is 16.8 Å². The van der Waals surface area contributed by atoms with Gasteiger partial charge in [-0.3, -0.25) is 9.69 Å². The number of likely N-dealkylation sites (tertiary alicyclic amines) is 1. The smallest absolute Gasteiger partial charge is 0.375 e. The first-order chi connectivity index (χ1) is 17.1. The number of nitrogens with one attached hydrogen (secondary N) is 1. The van der Waals surface area contributed by atoms with Gasteiger partial charge in [0.05, 0.1) is 24.8 Å². The maximum atomic E-state index is 13.7. The van der Waals surface area contributed by atoms with E-state index in [9.17, 15) is 18.0 Å². The number of halogens is 3. The van der Waals surface area contributed by atoms with E-state index < -0.39 is 11.7 Å². The molecule has 9 heteroatoms. The van der Waals surface area contributed by atoms with Crippen molar-refractivity contribution in [2.24, 2.45) is 0 Å². The van der Waals surface area contributed by atoms with E-state index in [0.29, 0.717) is 49.6 Å². The van der Waals surface area contributed by atoms with Crippen molar-refractivity contribution < 1.29 is 22.7 Å². The maximum Gasteiger partial charge on any atom is 0.416 e. The van der Waals surface area contributed by atoms with Gasteiger partial charge in [0.25, 0.3) is 0 Å². The summed E-state index contributed by atoms with van der Waals surface area (Å²) in [4.78, 5) is 17.7. The summed E-state index contributed by atoms with van der Waals surface area (Å²) >= 11 is 1.56. The molecule has 2 unspecified atom stereocenters. The lowest BCUT2D eigenvalue weighted by molar-refractivity contribution is -0.137. The Kier molecular flexibility index (Phi) is 6.74. The Labute approximate surface area is 213 Å². The molecule has 1 aromatic heterocycles.